The highest BCUT2D eigenvalue weighted by Crippen LogP contribution is 2.35. The van der Waals surface area contributed by atoms with E-state index >= 15 is 0 Å². The first-order valence-electron chi connectivity index (χ1n) is 8.70. The molecule has 0 aliphatic heterocycles. The molecular formula is C20H18F3N3O. The Labute approximate surface area is 154 Å². The maximum absolute atomic E-state index is 12.7. The summed E-state index contributed by atoms with van der Waals surface area (Å²) < 4.78 is 43.3. The lowest BCUT2D eigenvalue weighted by Crippen LogP contribution is -2.22. The summed E-state index contributed by atoms with van der Waals surface area (Å²) in [5, 5.41) is 3.91. The van der Waals surface area contributed by atoms with Crippen LogP contribution in [0.15, 0.2) is 53.1 Å². The van der Waals surface area contributed by atoms with Crippen LogP contribution in [0.4, 0.5) is 13.2 Å². The molecule has 2 aromatic carbocycles. The van der Waals surface area contributed by atoms with Gasteiger partial charge in [-0.15, -0.1) is 0 Å². The standard InChI is InChI=1S/C20H18F3N3O/c1-26(17-11-8-13-4-2-3-5-16(13)17)12-18-24-19(25-27-18)14-6-9-15(10-7-14)20(21,22)23/h2-7,9-10,17H,8,11-12H2,1H3/t17-/m1/s1. The molecule has 0 saturated carbocycles. The minimum Gasteiger partial charge on any atom is -0.338 e. The predicted octanol–water partition coefficient (Wildman–Crippen LogP) is 4.87. The van der Waals surface area contributed by atoms with Gasteiger partial charge in [-0.3, -0.25) is 4.90 Å². The smallest absolute Gasteiger partial charge is 0.338 e. The maximum Gasteiger partial charge on any atom is 0.416 e. The number of hydrogen-bond donors (Lipinski definition) is 0. The maximum atomic E-state index is 12.7. The van der Waals surface area contributed by atoms with E-state index in [4.69, 9.17) is 4.52 Å². The van der Waals surface area contributed by atoms with Crippen molar-refractivity contribution in [3.05, 3.63) is 71.1 Å². The van der Waals surface area contributed by atoms with Crippen molar-refractivity contribution < 1.29 is 17.7 Å². The van der Waals surface area contributed by atoms with Gasteiger partial charge < -0.3 is 4.52 Å². The van der Waals surface area contributed by atoms with Gasteiger partial charge in [-0.25, -0.2) is 0 Å². The molecule has 0 N–H and O–H groups in total. The van der Waals surface area contributed by atoms with Crippen LogP contribution >= 0.6 is 0 Å². The minimum absolute atomic E-state index is 0.291. The van der Waals surface area contributed by atoms with Crippen molar-refractivity contribution >= 4 is 0 Å². The van der Waals surface area contributed by atoms with E-state index in [2.05, 4.69) is 33.2 Å². The van der Waals surface area contributed by atoms with Gasteiger partial charge in [-0.2, -0.15) is 18.2 Å². The van der Waals surface area contributed by atoms with Crippen LogP contribution in [-0.2, 0) is 19.1 Å². The topological polar surface area (TPSA) is 42.2 Å². The number of aryl methyl sites for hydroxylation is 1. The van der Waals surface area contributed by atoms with Crippen molar-refractivity contribution in [2.75, 3.05) is 7.05 Å². The largest absolute Gasteiger partial charge is 0.416 e. The van der Waals surface area contributed by atoms with Gasteiger partial charge in [0, 0.05) is 11.6 Å². The van der Waals surface area contributed by atoms with E-state index in [1.807, 2.05) is 13.1 Å². The monoisotopic (exact) mass is 373 g/mol. The second kappa shape index (κ2) is 6.81. The molecule has 140 valence electrons. The summed E-state index contributed by atoms with van der Waals surface area (Å²) >= 11 is 0. The van der Waals surface area contributed by atoms with Crippen molar-refractivity contribution in [3.63, 3.8) is 0 Å². The average Bonchev–Trinajstić information content (AvgIpc) is 3.28. The van der Waals surface area contributed by atoms with Crippen LogP contribution in [0.1, 0.15) is 35.0 Å². The van der Waals surface area contributed by atoms with E-state index in [9.17, 15) is 13.2 Å². The molecule has 0 fully saturated rings. The van der Waals surface area contributed by atoms with Crippen molar-refractivity contribution in [3.8, 4) is 11.4 Å². The van der Waals surface area contributed by atoms with E-state index in [1.54, 1.807) is 0 Å². The number of benzene rings is 2. The Morgan fingerprint density at radius 2 is 1.85 bits per heavy atom. The van der Waals surface area contributed by atoms with E-state index in [0.29, 0.717) is 29.9 Å². The third-order valence-electron chi connectivity index (χ3n) is 4.96. The van der Waals surface area contributed by atoms with Gasteiger partial charge in [0.2, 0.25) is 11.7 Å². The summed E-state index contributed by atoms with van der Waals surface area (Å²) in [4.78, 5) is 6.50. The summed E-state index contributed by atoms with van der Waals surface area (Å²) in [5.41, 5.74) is 2.48. The van der Waals surface area contributed by atoms with Gasteiger partial charge in [-0.1, -0.05) is 41.6 Å². The van der Waals surface area contributed by atoms with Gasteiger partial charge in [0.1, 0.15) is 0 Å². The van der Waals surface area contributed by atoms with Crippen LogP contribution in [0.25, 0.3) is 11.4 Å². The Kier molecular flexibility index (Phi) is 4.47. The van der Waals surface area contributed by atoms with Gasteiger partial charge in [-0.05, 0) is 43.1 Å². The molecule has 4 nitrogen and oxygen atoms in total. The van der Waals surface area contributed by atoms with Crippen LogP contribution in [-0.4, -0.2) is 22.1 Å². The fourth-order valence-electron chi connectivity index (χ4n) is 3.56. The molecule has 4 rings (SSSR count). The first-order chi connectivity index (χ1) is 12.9. The molecule has 1 heterocycles. The molecule has 0 bridgehead atoms. The van der Waals surface area contributed by atoms with Gasteiger partial charge >= 0.3 is 6.18 Å². The lowest BCUT2D eigenvalue weighted by Gasteiger charge is -2.23. The molecule has 27 heavy (non-hydrogen) atoms. The van der Waals surface area contributed by atoms with E-state index in [1.165, 1.54) is 23.3 Å². The summed E-state index contributed by atoms with van der Waals surface area (Å²) in [6.07, 6.45) is -2.28. The van der Waals surface area contributed by atoms with Gasteiger partial charge in [0.05, 0.1) is 12.1 Å². The Bertz CT molecular complexity index is 934. The Hall–Kier alpha value is -2.67. The normalized spacial score (nSPS) is 16.7. The number of fused-ring (bicyclic) bond motifs is 1. The van der Waals surface area contributed by atoms with Crippen molar-refractivity contribution in [2.24, 2.45) is 0 Å². The summed E-state index contributed by atoms with van der Waals surface area (Å²) in [5.74, 6) is 0.732. The Morgan fingerprint density at radius 1 is 1.11 bits per heavy atom. The van der Waals surface area contributed by atoms with Crippen LogP contribution < -0.4 is 0 Å². The zero-order chi connectivity index (χ0) is 19.0. The molecule has 0 spiro atoms. The van der Waals surface area contributed by atoms with Crippen LogP contribution in [0, 0.1) is 0 Å². The van der Waals surface area contributed by atoms with Crippen LogP contribution in [0.3, 0.4) is 0 Å². The zero-order valence-electron chi connectivity index (χ0n) is 14.7. The first kappa shape index (κ1) is 17.7. The lowest BCUT2D eigenvalue weighted by atomic mass is 10.1. The number of alkyl halides is 3. The third-order valence-corrected chi connectivity index (χ3v) is 4.96. The SMILES string of the molecule is CN(Cc1nc(-c2ccc(C(F)(F)F)cc2)no1)[C@@H]1CCc2ccccc21. The number of hydrogen-bond acceptors (Lipinski definition) is 4. The Balaban J connectivity index is 1.47. The van der Waals surface area contributed by atoms with E-state index < -0.39 is 11.7 Å². The van der Waals surface area contributed by atoms with E-state index in [0.717, 1.165) is 25.0 Å². The molecular weight excluding hydrogens is 355 g/mol. The molecule has 0 radical (unpaired) electrons. The first-order valence-corrected chi connectivity index (χ1v) is 8.70. The minimum atomic E-state index is -4.36. The fraction of sp³-hybridized carbons (Fsp3) is 0.300. The molecule has 0 unspecified atom stereocenters. The van der Waals surface area contributed by atoms with Crippen LogP contribution in [0.2, 0.25) is 0 Å². The van der Waals surface area contributed by atoms with Gasteiger partial charge in [0.15, 0.2) is 0 Å². The molecule has 1 aliphatic carbocycles. The Morgan fingerprint density at radius 3 is 2.59 bits per heavy atom. The molecule has 1 atom stereocenters. The molecule has 0 amide bonds. The number of halogens is 3. The van der Waals surface area contributed by atoms with E-state index in [-0.39, 0.29) is 0 Å². The highest BCUT2D eigenvalue weighted by Gasteiger charge is 2.30. The van der Waals surface area contributed by atoms with Crippen LogP contribution in [0.5, 0.6) is 0 Å². The molecule has 0 saturated heterocycles. The second-order valence-electron chi connectivity index (χ2n) is 6.76. The second-order valence-corrected chi connectivity index (χ2v) is 6.76. The van der Waals surface area contributed by atoms with Crippen molar-refractivity contribution in [1.29, 1.82) is 0 Å². The zero-order valence-corrected chi connectivity index (χ0v) is 14.7. The molecule has 7 heteroatoms. The summed E-state index contributed by atoms with van der Waals surface area (Å²) in [6, 6.07) is 13.4. The highest BCUT2D eigenvalue weighted by atomic mass is 19.4. The number of nitrogens with zero attached hydrogens (tertiary/aromatic N) is 3. The summed E-state index contributed by atoms with van der Waals surface area (Å²) in [6.45, 7) is 0.479. The fourth-order valence-corrected chi connectivity index (χ4v) is 3.56. The quantitative estimate of drug-likeness (QED) is 0.654. The highest BCUT2D eigenvalue weighted by molar-refractivity contribution is 5.54. The lowest BCUT2D eigenvalue weighted by molar-refractivity contribution is -0.137. The number of aromatic nitrogens is 2. The number of rotatable bonds is 4. The summed E-state index contributed by atoms with van der Waals surface area (Å²) in [7, 11) is 2.01. The van der Waals surface area contributed by atoms with Crippen molar-refractivity contribution in [2.45, 2.75) is 31.6 Å². The molecule has 1 aliphatic rings. The molecule has 3 aromatic rings. The third kappa shape index (κ3) is 3.60. The van der Waals surface area contributed by atoms with Gasteiger partial charge in [0.25, 0.3) is 0 Å². The average molecular weight is 373 g/mol. The van der Waals surface area contributed by atoms with Crippen molar-refractivity contribution in [1.82, 2.24) is 15.0 Å². The molecule has 1 aromatic heterocycles. The predicted molar refractivity (Wildman–Crippen MR) is 93.7 cm³/mol.